The first kappa shape index (κ1) is 10.4. The topological polar surface area (TPSA) is 21.6 Å². The van der Waals surface area contributed by atoms with Crippen LogP contribution >= 0.6 is 0 Å². The van der Waals surface area contributed by atoms with Crippen LogP contribution in [-0.2, 0) is 4.74 Å². The van der Waals surface area contributed by atoms with Crippen molar-refractivity contribution < 1.29 is 4.74 Å². The van der Waals surface area contributed by atoms with Crippen molar-refractivity contribution in [2.45, 2.75) is 0 Å². The molecule has 0 bridgehead atoms. The van der Waals surface area contributed by atoms with Crippen LogP contribution in [0.25, 0.3) is 0 Å². The summed E-state index contributed by atoms with van der Waals surface area (Å²) in [4.78, 5) is 4.44. The van der Waals surface area contributed by atoms with Crippen molar-refractivity contribution in [3.8, 4) is 0 Å². The van der Waals surface area contributed by atoms with Gasteiger partial charge in [0, 0.05) is 5.56 Å². The number of hydrogen-bond donors (Lipinski definition) is 0. The van der Waals surface area contributed by atoms with Crippen LogP contribution in [0.4, 0.5) is 5.69 Å². The second-order valence-corrected chi connectivity index (χ2v) is 3.32. The van der Waals surface area contributed by atoms with Crippen molar-refractivity contribution >= 4 is 11.6 Å². The smallest absolute Gasteiger partial charge is 0.220 e. The fraction of sp³-hybridized carbons (Fsp3) is 0.0714. The number of aliphatic imine (C=N–C) groups is 1. The molecule has 2 nitrogen and oxygen atoms in total. The minimum atomic E-state index is 0.631. The standard InChI is InChI=1S/C14H13NO/c1-16-14(12-8-4-2-5-9-12)15-13-10-6-3-7-11-13/h2-11H,1H3/b15-14-. The third kappa shape index (κ3) is 2.48. The average Bonchev–Trinajstić information content (AvgIpc) is 2.38. The molecule has 2 heteroatoms. The Kier molecular flexibility index (Phi) is 3.34. The van der Waals surface area contributed by atoms with Crippen LogP contribution in [-0.4, -0.2) is 13.0 Å². The van der Waals surface area contributed by atoms with Crippen LogP contribution in [0.2, 0.25) is 0 Å². The highest BCUT2D eigenvalue weighted by Gasteiger charge is 2.01. The van der Waals surface area contributed by atoms with E-state index in [-0.39, 0.29) is 0 Å². The molecule has 0 saturated heterocycles. The summed E-state index contributed by atoms with van der Waals surface area (Å²) >= 11 is 0. The molecule has 0 saturated carbocycles. The fourth-order valence-electron chi connectivity index (χ4n) is 1.43. The summed E-state index contributed by atoms with van der Waals surface area (Å²) in [6.45, 7) is 0. The maximum Gasteiger partial charge on any atom is 0.220 e. The summed E-state index contributed by atoms with van der Waals surface area (Å²) in [5.41, 5.74) is 1.87. The maximum absolute atomic E-state index is 5.29. The summed E-state index contributed by atoms with van der Waals surface area (Å²) in [5, 5.41) is 0. The van der Waals surface area contributed by atoms with Crippen LogP contribution in [0.1, 0.15) is 5.56 Å². The maximum atomic E-state index is 5.29. The van der Waals surface area contributed by atoms with Gasteiger partial charge in [0.05, 0.1) is 12.8 Å². The van der Waals surface area contributed by atoms with Crippen LogP contribution in [0.15, 0.2) is 65.7 Å². The monoisotopic (exact) mass is 211 g/mol. The largest absolute Gasteiger partial charge is 0.481 e. The van der Waals surface area contributed by atoms with Gasteiger partial charge in [0.1, 0.15) is 0 Å². The number of methoxy groups -OCH3 is 1. The highest BCUT2D eigenvalue weighted by atomic mass is 16.5. The van der Waals surface area contributed by atoms with Gasteiger partial charge in [-0.2, -0.15) is 0 Å². The minimum Gasteiger partial charge on any atom is -0.481 e. The Labute approximate surface area is 95.2 Å². The lowest BCUT2D eigenvalue weighted by molar-refractivity contribution is 0.405. The van der Waals surface area contributed by atoms with E-state index in [1.165, 1.54) is 0 Å². The SMILES string of the molecule is CO/C(=N\c1ccccc1)c1ccccc1. The summed E-state index contributed by atoms with van der Waals surface area (Å²) in [6.07, 6.45) is 0. The third-order valence-electron chi connectivity index (χ3n) is 2.20. The highest BCUT2D eigenvalue weighted by Crippen LogP contribution is 2.13. The van der Waals surface area contributed by atoms with Gasteiger partial charge < -0.3 is 4.74 Å². The summed E-state index contributed by atoms with van der Waals surface area (Å²) in [6, 6.07) is 19.6. The van der Waals surface area contributed by atoms with Gasteiger partial charge in [-0.15, -0.1) is 0 Å². The molecule has 0 aliphatic rings. The fourth-order valence-corrected chi connectivity index (χ4v) is 1.43. The molecule has 0 heterocycles. The van der Waals surface area contributed by atoms with Gasteiger partial charge in [0.25, 0.3) is 0 Å². The normalized spacial score (nSPS) is 11.2. The summed E-state index contributed by atoms with van der Waals surface area (Å²) in [5.74, 6) is 0.631. The Hall–Kier alpha value is -2.09. The van der Waals surface area contributed by atoms with Crippen molar-refractivity contribution in [2.75, 3.05) is 7.11 Å². The zero-order chi connectivity index (χ0) is 11.2. The molecule has 0 spiro atoms. The third-order valence-corrected chi connectivity index (χ3v) is 2.20. The van der Waals surface area contributed by atoms with Crippen LogP contribution in [0.3, 0.4) is 0 Å². The van der Waals surface area contributed by atoms with Crippen LogP contribution in [0.5, 0.6) is 0 Å². The molecule has 0 aliphatic carbocycles. The first-order chi connectivity index (χ1) is 7.90. The number of benzene rings is 2. The predicted octanol–water partition coefficient (Wildman–Crippen LogP) is 3.41. The molecule has 2 aromatic rings. The van der Waals surface area contributed by atoms with Gasteiger partial charge >= 0.3 is 0 Å². The second kappa shape index (κ2) is 5.12. The number of para-hydroxylation sites is 1. The summed E-state index contributed by atoms with van der Waals surface area (Å²) in [7, 11) is 1.63. The first-order valence-corrected chi connectivity index (χ1v) is 5.13. The predicted molar refractivity (Wildman–Crippen MR) is 66.1 cm³/mol. The van der Waals surface area contributed by atoms with E-state index in [0.29, 0.717) is 5.90 Å². The van der Waals surface area contributed by atoms with Crippen molar-refractivity contribution in [3.05, 3.63) is 66.2 Å². The second-order valence-electron chi connectivity index (χ2n) is 3.32. The van der Waals surface area contributed by atoms with E-state index in [9.17, 15) is 0 Å². The molecule has 2 aromatic carbocycles. The van der Waals surface area contributed by atoms with E-state index in [2.05, 4.69) is 4.99 Å². The molecular formula is C14H13NO. The molecule has 0 atom stereocenters. The molecule has 0 amide bonds. The molecule has 0 fully saturated rings. The van der Waals surface area contributed by atoms with E-state index >= 15 is 0 Å². The Morgan fingerprint density at radius 3 is 2.00 bits per heavy atom. The van der Waals surface area contributed by atoms with Crippen molar-refractivity contribution in [1.82, 2.24) is 0 Å². The average molecular weight is 211 g/mol. The van der Waals surface area contributed by atoms with Crippen LogP contribution < -0.4 is 0 Å². The lowest BCUT2D eigenvalue weighted by Gasteiger charge is -2.04. The first-order valence-electron chi connectivity index (χ1n) is 5.13. The van der Waals surface area contributed by atoms with E-state index in [4.69, 9.17) is 4.74 Å². The van der Waals surface area contributed by atoms with E-state index in [1.807, 2.05) is 60.7 Å². The van der Waals surface area contributed by atoms with Gasteiger partial charge in [0.15, 0.2) is 0 Å². The zero-order valence-corrected chi connectivity index (χ0v) is 9.13. The highest BCUT2D eigenvalue weighted by molar-refractivity contribution is 5.95. The van der Waals surface area contributed by atoms with E-state index in [1.54, 1.807) is 7.11 Å². The van der Waals surface area contributed by atoms with Gasteiger partial charge in [0.2, 0.25) is 5.90 Å². The number of hydrogen-bond acceptors (Lipinski definition) is 2. The van der Waals surface area contributed by atoms with Gasteiger partial charge in [-0.25, -0.2) is 4.99 Å². The molecule has 2 rings (SSSR count). The molecule has 0 N–H and O–H groups in total. The number of rotatable bonds is 2. The Morgan fingerprint density at radius 2 is 1.44 bits per heavy atom. The number of ether oxygens (including phenoxy) is 1. The zero-order valence-electron chi connectivity index (χ0n) is 9.13. The van der Waals surface area contributed by atoms with Crippen molar-refractivity contribution in [2.24, 2.45) is 4.99 Å². The molecule has 0 unspecified atom stereocenters. The van der Waals surface area contributed by atoms with E-state index in [0.717, 1.165) is 11.3 Å². The summed E-state index contributed by atoms with van der Waals surface area (Å²) < 4.78 is 5.29. The van der Waals surface area contributed by atoms with Crippen molar-refractivity contribution in [1.29, 1.82) is 0 Å². The van der Waals surface area contributed by atoms with Crippen molar-refractivity contribution in [3.63, 3.8) is 0 Å². The quantitative estimate of drug-likeness (QED) is 0.551. The Balaban J connectivity index is 2.34. The minimum absolute atomic E-state index is 0.631. The Bertz CT molecular complexity index is 463. The van der Waals surface area contributed by atoms with Gasteiger partial charge in [-0.05, 0) is 24.3 Å². The number of nitrogens with zero attached hydrogens (tertiary/aromatic N) is 1. The lowest BCUT2D eigenvalue weighted by atomic mass is 10.2. The van der Waals surface area contributed by atoms with Gasteiger partial charge in [-0.1, -0.05) is 36.4 Å². The molecule has 16 heavy (non-hydrogen) atoms. The molecule has 80 valence electrons. The molecule has 0 radical (unpaired) electrons. The lowest BCUT2D eigenvalue weighted by Crippen LogP contribution is -2.02. The van der Waals surface area contributed by atoms with Crippen LogP contribution in [0, 0.1) is 0 Å². The molecular weight excluding hydrogens is 198 g/mol. The van der Waals surface area contributed by atoms with Gasteiger partial charge in [-0.3, -0.25) is 0 Å². The molecule has 0 aliphatic heterocycles. The Morgan fingerprint density at radius 1 is 0.875 bits per heavy atom. The molecule has 0 aromatic heterocycles. The van der Waals surface area contributed by atoms with E-state index < -0.39 is 0 Å².